The maximum Gasteiger partial charge on any atom is 0.356 e. The molecule has 1 saturated heterocycles. The molecule has 2 heterocycles. The van der Waals surface area contributed by atoms with Gasteiger partial charge in [-0.3, -0.25) is 0 Å². The number of rotatable bonds is 3. The minimum absolute atomic E-state index is 0.0468. The number of nitrogens with zero attached hydrogens (tertiary/aromatic N) is 3. The van der Waals surface area contributed by atoms with Gasteiger partial charge in [-0.2, -0.15) is 5.26 Å². The van der Waals surface area contributed by atoms with Crippen LogP contribution in [0.4, 0.5) is 11.4 Å². The lowest BCUT2D eigenvalue weighted by molar-refractivity contribution is 0.122. The van der Waals surface area contributed by atoms with Crippen LogP contribution in [0.3, 0.4) is 0 Å². The Hall–Kier alpha value is -2.78. The number of benzene rings is 1. The van der Waals surface area contributed by atoms with E-state index in [9.17, 15) is 10.1 Å². The van der Waals surface area contributed by atoms with Crippen LogP contribution in [-0.2, 0) is 4.74 Å². The van der Waals surface area contributed by atoms with Gasteiger partial charge >= 0.3 is 5.63 Å². The quantitative estimate of drug-likeness (QED) is 0.860. The van der Waals surface area contributed by atoms with Crippen LogP contribution in [0.25, 0.3) is 11.3 Å². The van der Waals surface area contributed by atoms with Crippen LogP contribution < -0.4 is 15.4 Å². The molecule has 0 unspecified atom stereocenters. The summed E-state index contributed by atoms with van der Waals surface area (Å²) in [5.41, 5.74) is 1.92. The van der Waals surface area contributed by atoms with E-state index in [1.165, 1.54) is 0 Å². The second kappa shape index (κ2) is 6.77. The number of nitriles is 1. The van der Waals surface area contributed by atoms with Crippen LogP contribution in [0.1, 0.15) is 5.56 Å². The van der Waals surface area contributed by atoms with Gasteiger partial charge in [-0.15, -0.1) is 0 Å². The number of hydrogen-bond acceptors (Lipinski definition) is 6. The number of morpholine rings is 1. The van der Waals surface area contributed by atoms with Crippen molar-refractivity contribution in [3.05, 3.63) is 46.3 Å². The lowest BCUT2D eigenvalue weighted by Gasteiger charge is -2.29. The van der Waals surface area contributed by atoms with Crippen molar-refractivity contribution in [1.29, 1.82) is 5.26 Å². The fourth-order valence-electron chi connectivity index (χ4n) is 2.70. The maximum atomic E-state index is 12.2. The molecule has 1 aromatic carbocycles. The first-order valence-corrected chi connectivity index (χ1v) is 7.79. The van der Waals surface area contributed by atoms with Crippen LogP contribution >= 0.6 is 0 Å². The zero-order chi connectivity index (χ0) is 17.1. The molecule has 1 aliphatic rings. The molecule has 0 spiro atoms. The second-order valence-electron chi connectivity index (χ2n) is 5.81. The van der Waals surface area contributed by atoms with E-state index >= 15 is 0 Å². The van der Waals surface area contributed by atoms with Gasteiger partial charge in [-0.25, -0.2) is 4.79 Å². The maximum absolute atomic E-state index is 12.2. The highest BCUT2D eigenvalue weighted by Gasteiger charge is 2.20. The smallest absolute Gasteiger partial charge is 0.356 e. The van der Waals surface area contributed by atoms with E-state index in [4.69, 9.17) is 9.15 Å². The highest BCUT2D eigenvalue weighted by molar-refractivity contribution is 5.68. The van der Waals surface area contributed by atoms with Crippen molar-refractivity contribution < 1.29 is 9.15 Å². The van der Waals surface area contributed by atoms with Crippen molar-refractivity contribution in [2.45, 2.75) is 0 Å². The van der Waals surface area contributed by atoms with Gasteiger partial charge in [-0.05, 0) is 24.3 Å². The van der Waals surface area contributed by atoms with Gasteiger partial charge in [0, 0.05) is 44.5 Å². The summed E-state index contributed by atoms with van der Waals surface area (Å²) in [7, 11) is 3.93. The zero-order valence-electron chi connectivity index (χ0n) is 13.8. The molecule has 0 aliphatic carbocycles. The molecule has 6 nitrogen and oxygen atoms in total. The average molecular weight is 325 g/mol. The predicted molar refractivity (Wildman–Crippen MR) is 92.5 cm³/mol. The molecule has 1 aromatic heterocycles. The van der Waals surface area contributed by atoms with Gasteiger partial charge in [0.25, 0.3) is 0 Å². The van der Waals surface area contributed by atoms with Gasteiger partial charge in [-0.1, -0.05) is 0 Å². The summed E-state index contributed by atoms with van der Waals surface area (Å²) in [6.07, 6.45) is 0. The number of ether oxygens (including phenoxy) is 1. The number of hydrogen-bond donors (Lipinski definition) is 0. The molecular formula is C18H19N3O3. The molecule has 0 N–H and O–H groups in total. The van der Waals surface area contributed by atoms with E-state index in [1.54, 1.807) is 6.07 Å². The lowest BCUT2D eigenvalue weighted by atomic mass is 10.1. The van der Waals surface area contributed by atoms with E-state index in [0.717, 1.165) is 11.3 Å². The highest BCUT2D eigenvalue weighted by Crippen LogP contribution is 2.27. The number of anilines is 2. The first-order chi connectivity index (χ1) is 11.6. The molecule has 0 radical (unpaired) electrons. The third-order valence-corrected chi connectivity index (χ3v) is 4.06. The summed E-state index contributed by atoms with van der Waals surface area (Å²) < 4.78 is 10.7. The summed E-state index contributed by atoms with van der Waals surface area (Å²) in [6.45, 7) is 2.46. The SMILES string of the molecule is CN(C)c1ccc(-c2cc(N3CCOCC3)c(C#N)c(=O)o2)cc1. The lowest BCUT2D eigenvalue weighted by Crippen LogP contribution is -2.37. The minimum Gasteiger partial charge on any atom is -0.422 e. The third-order valence-electron chi connectivity index (χ3n) is 4.06. The fourth-order valence-corrected chi connectivity index (χ4v) is 2.70. The van der Waals surface area contributed by atoms with Crippen molar-refractivity contribution in [2.24, 2.45) is 0 Å². The summed E-state index contributed by atoms with van der Waals surface area (Å²) in [5, 5.41) is 9.32. The van der Waals surface area contributed by atoms with Crippen molar-refractivity contribution >= 4 is 11.4 Å². The first kappa shape index (κ1) is 16.1. The van der Waals surface area contributed by atoms with Crippen molar-refractivity contribution in [1.82, 2.24) is 0 Å². The molecular weight excluding hydrogens is 306 g/mol. The first-order valence-electron chi connectivity index (χ1n) is 7.79. The summed E-state index contributed by atoms with van der Waals surface area (Å²) >= 11 is 0. The molecule has 3 rings (SSSR count). The minimum atomic E-state index is -0.604. The van der Waals surface area contributed by atoms with E-state index in [-0.39, 0.29) is 5.56 Å². The Bertz CT molecular complexity index is 813. The van der Waals surface area contributed by atoms with Crippen LogP contribution in [0.5, 0.6) is 0 Å². The van der Waals surface area contributed by atoms with Gasteiger partial charge in [0.05, 0.1) is 18.9 Å². The van der Waals surface area contributed by atoms with Gasteiger partial charge in [0.2, 0.25) is 0 Å². The normalized spacial score (nSPS) is 14.3. The monoisotopic (exact) mass is 325 g/mol. The molecule has 0 bridgehead atoms. The van der Waals surface area contributed by atoms with Crippen LogP contribution in [0.2, 0.25) is 0 Å². The fraction of sp³-hybridized carbons (Fsp3) is 0.333. The van der Waals surface area contributed by atoms with E-state index in [0.29, 0.717) is 37.8 Å². The van der Waals surface area contributed by atoms with Gasteiger partial charge in [0.15, 0.2) is 5.56 Å². The predicted octanol–water partition coefficient (Wildman–Crippen LogP) is 2.08. The van der Waals surface area contributed by atoms with E-state index in [2.05, 4.69) is 0 Å². The molecule has 1 fully saturated rings. The van der Waals surface area contributed by atoms with E-state index in [1.807, 2.05) is 54.2 Å². The van der Waals surface area contributed by atoms with Crippen LogP contribution in [-0.4, -0.2) is 40.4 Å². The molecule has 0 atom stereocenters. The molecule has 1 aliphatic heterocycles. The summed E-state index contributed by atoms with van der Waals surface area (Å²) in [6, 6.07) is 11.5. The summed E-state index contributed by atoms with van der Waals surface area (Å²) in [4.78, 5) is 16.2. The van der Waals surface area contributed by atoms with Gasteiger partial charge < -0.3 is 19.0 Å². The molecule has 124 valence electrons. The molecule has 2 aromatic rings. The molecule has 24 heavy (non-hydrogen) atoms. The Morgan fingerprint density at radius 1 is 1.17 bits per heavy atom. The van der Waals surface area contributed by atoms with E-state index < -0.39 is 5.63 Å². The van der Waals surface area contributed by atoms with Crippen molar-refractivity contribution in [3.8, 4) is 17.4 Å². The molecule has 0 saturated carbocycles. The van der Waals surface area contributed by atoms with Crippen LogP contribution in [0, 0.1) is 11.3 Å². The molecule has 6 heteroatoms. The Labute approximate surface area is 140 Å². The van der Waals surface area contributed by atoms with Crippen molar-refractivity contribution in [3.63, 3.8) is 0 Å². The Morgan fingerprint density at radius 2 is 1.83 bits per heavy atom. The molecule has 0 amide bonds. The average Bonchev–Trinajstić information content (AvgIpc) is 2.62. The zero-order valence-corrected chi connectivity index (χ0v) is 13.8. The van der Waals surface area contributed by atoms with Crippen molar-refractivity contribution in [2.75, 3.05) is 50.2 Å². The van der Waals surface area contributed by atoms with Crippen LogP contribution in [0.15, 0.2) is 39.5 Å². The third kappa shape index (κ3) is 3.12. The highest BCUT2D eigenvalue weighted by atomic mass is 16.5. The summed E-state index contributed by atoms with van der Waals surface area (Å²) in [5.74, 6) is 0.464. The Kier molecular flexibility index (Phi) is 4.54. The Balaban J connectivity index is 2.04. The topological polar surface area (TPSA) is 69.7 Å². The largest absolute Gasteiger partial charge is 0.422 e. The standard InChI is InChI=1S/C18H19N3O3/c1-20(2)14-5-3-13(4-6-14)17-11-16(15(12-19)18(22)24-17)21-7-9-23-10-8-21/h3-6,11H,7-10H2,1-2H3. The second-order valence-corrected chi connectivity index (χ2v) is 5.81. The van der Waals surface area contributed by atoms with Gasteiger partial charge in [0.1, 0.15) is 11.8 Å². The Morgan fingerprint density at radius 3 is 2.42 bits per heavy atom.